The number of benzene rings is 1. The second kappa shape index (κ2) is 5.64. The Balaban J connectivity index is 2.39. The first kappa shape index (κ1) is 12.6. The molecule has 4 heteroatoms. The van der Waals surface area contributed by atoms with E-state index in [9.17, 15) is 0 Å². The monoisotopic (exact) mass is 341 g/mol. The maximum Gasteiger partial charge on any atom is 0.0748 e. The molecule has 1 heterocycles. The van der Waals surface area contributed by atoms with Crippen LogP contribution in [0.3, 0.4) is 0 Å². The number of aromatic nitrogens is 2. The van der Waals surface area contributed by atoms with Gasteiger partial charge >= 0.3 is 0 Å². The molecule has 0 aliphatic carbocycles. The van der Waals surface area contributed by atoms with E-state index in [0.717, 1.165) is 6.54 Å². The van der Waals surface area contributed by atoms with Crippen LogP contribution in [0.15, 0.2) is 36.5 Å². The molecule has 0 aliphatic heterocycles. The summed E-state index contributed by atoms with van der Waals surface area (Å²) in [7, 11) is 1.98. The molecule has 0 bridgehead atoms. The molecule has 0 saturated carbocycles. The highest BCUT2D eigenvalue weighted by molar-refractivity contribution is 14.1. The van der Waals surface area contributed by atoms with E-state index in [2.05, 4.69) is 70.3 Å². The van der Waals surface area contributed by atoms with E-state index < -0.39 is 0 Å². The van der Waals surface area contributed by atoms with Crippen molar-refractivity contribution in [2.45, 2.75) is 13.0 Å². The minimum absolute atomic E-state index is 0.210. The van der Waals surface area contributed by atoms with E-state index in [4.69, 9.17) is 0 Å². The van der Waals surface area contributed by atoms with Gasteiger partial charge in [-0.15, -0.1) is 0 Å². The van der Waals surface area contributed by atoms with Gasteiger partial charge in [-0.1, -0.05) is 19.1 Å². The van der Waals surface area contributed by atoms with Crippen LogP contribution in [-0.2, 0) is 7.05 Å². The molecule has 1 aromatic heterocycles. The quantitative estimate of drug-likeness (QED) is 0.867. The Bertz CT molecular complexity index is 493. The summed E-state index contributed by atoms with van der Waals surface area (Å²) in [5, 5.41) is 7.75. The summed E-state index contributed by atoms with van der Waals surface area (Å²) in [4.78, 5) is 0. The van der Waals surface area contributed by atoms with Crippen molar-refractivity contribution in [2.75, 3.05) is 6.54 Å². The number of nitrogens with zero attached hydrogens (tertiary/aromatic N) is 2. The Morgan fingerprint density at radius 3 is 2.82 bits per heavy atom. The van der Waals surface area contributed by atoms with Crippen LogP contribution in [0, 0.1) is 3.57 Å². The molecule has 90 valence electrons. The molecule has 2 aromatic rings. The van der Waals surface area contributed by atoms with E-state index in [1.807, 2.05) is 17.9 Å². The fraction of sp³-hybridized carbons (Fsp3) is 0.308. The number of nitrogens with one attached hydrogen (secondary N) is 1. The van der Waals surface area contributed by atoms with Crippen LogP contribution >= 0.6 is 22.6 Å². The van der Waals surface area contributed by atoms with E-state index in [1.54, 1.807) is 0 Å². The molecule has 1 N–H and O–H groups in total. The molecule has 17 heavy (non-hydrogen) atoms. The summed E-state index contributed by atoms with van der Waals surface area (Å²) in [6.07, 6.45) is 1.84. The van der Waals surface area contributed by atoms with Crippen molar-refractivity contribution in [3.63, 3.8) is 0 Å². The SMILES string of the molecule is CCNC(c1cccc(I)c1)c1ccnn1C. The number of halogens is 1. The summed E-state index contributed by atoms with van der Waals surface area (Å²) in [6.45, 7) is 3.05. The van der Waals surface area contributed by atoms with E-state index >= 15 is 0 Å². The highest BCUT2D eigenvalue weighted by Gasteiger charge is 2.15. The molecule has 1 unspecified atom stereocenters. The third-order valence-electron chi connectivity index (χ3n) is 2.74. The van der Waals surface area contributed by atoms with Gasteiger partial charge in [0.05, 0.1) is 11.7 Å². The van der Waals surface area contributed by atoms with Crippen LogP contribution in [0.5, 0.6) is 0 Å². The van der Waals surface area contributed by atoms with Crippen molar-refractivity contribution < 1.29 is 0 Å². The fourth-order valence-electron chi connectivity index (χ4n) is 1.95. The summed E-state index contributed by atoms with van der Waals surface area (Å²) < 4.78 is 3.18. The van der Waals surface area contributed by atoms with Crippen LogP contribution < -0.4 is 5.32 Å². The number of hydrogen-bond donors (Lipinski definition) is 1. The van der Waals surface area contributed by atoms with Gasteiger partial charge in [-0.05, 0) is 52.9 Å². The van der Waals surface area contributed by atoms with Crippen LogP contribution in [0.2, 0.25) is 0 Å². The zero-order chi connectivity index (χ0) is 12.3. The number of aryl methyl sites for hydroxylation is 1. The zero-order valence-corrected chi connectivity index (χ0v) is 12.2. The molecule has 1 atom stereocenters. The number of rotatable bonds is 4. The van der Waals surface area contributed by atoms with Gasteiger partial charge in [0.25, 0.3) is 0 Å². The third kappa shape index (κ3) is 2.87. The molecule has 0 radical (unpaired) electrons. The molecular weight excluding hydrogens is 325 g/mol. The lowest BCUT2D eigenvalue weighted by Crippen LogP contribution is -2.24. The van der Waals surface area contributed by atoms with Crippen molar-refractivity contribution in [3.05, 3.63) is 51.4 Å². The molecule has 2 rings (SSSR count). The van der Waals surface area contributed by atoms with Crippen LogP contribution in [0.1, 0.15) is 24.2 Å². The topological polar surface area (TPSA) is 29.9 Å². The molecule has 0 fully saturated rings. The number of hydrogen-bond acceptors (Lipinski definition) is 2. The minimum Gasteiger partial charge on any atom is -0.305 e. The largest absolute Gasteiger partial charge is 0.305 e. The lowest BCUT2D eigenvalue weighted by molar-refractivity contribution is 0.572. The summed E-state index contributed by atoms with van der Waals surface area (Å²) in [5.74, 6) is 0. The fourth-order valence-corrected chi connectivity index (χ4v) is 2.52. The average Bonchev–Trinajstić information content (AvgIpc) is 2.72. The Kier molecular flexibility index (Phi) is 4.17. The molecule has 0 spiro atoms. The average molecular weight is 341 g/mol. The molecule has 3 nitrogen and oxygen atoms in total. The zero-order valence-electron chi connectivity index (χ0n) is 10.0. The van der Waals surface area contributed by atoms with Gasteiger partial charge in [0.2, 0.25) is 0 Å². The molecular formula is C13H16IN3. The maximum absolute atomic E-state index is 4.24. The predicted octanol–water partition coefficient (Wildman–Crippen LogP) is 2.72. The molecule has 0 amide bonds. The van der Waals surface area contributed by atoms with Gasteiger partial charge in [0, 0.05) is 16.8 Å². The van der Waals surface area contributed by atoms with Gasteiger partial charge in [0.1, 0.15) is 0 Å². The van der Waals surface area contributed by atoms with E-state index in [-0.39, 0.29) is 6.04 Å². The smallest absolute Gasteiger partial charge is 0.0748 e. The summed E-state index contributed by atoms with van der Waals surface area (Å²) >= 11 is 2.34. The first-order chi connectivity index (χ1) is 8.22. The highest BCUT2D eigenvalue weighted by Crippen LogP contribution is 2.22. The maximum atomic E-state index is 4.24. The Morgan fingerprint density at radius 1 is 1.41 bits per heavy atom. The summed E-state index contributed by atoms with van der Waals surface area (Å²) in [6, 6.07) is 10.8. The Hall–Kier alpha value is -0.880. The highest BCUT2D eigenvalue weighted by atomic mass is 127. The normalized spacial score (nSPS) is 12.6. The standard InChI is InChI=1S/C13H16IN3/c1-3-15-13(12-7-8-16-17(12)2)10-5-4-6-11(14)9-10/h4-9,13,15H,3H2,1-2H3. The first-order valence-electron chi connectivity index (χ1n) is 5.69. The van der Waals surface area contributed by atoms with E-state index in [0.29, 0.717) is 0 Å². The van der Waals surface area contributed by atoms with Gasteiger partial charge in [-0.25, -0.2) is 0 Å². The Labute approximate surface area is 115 Å². The van der Waals surface area contributed by atoms with Gasteiger partial charge in [-0.3, -0.25) is 4.68 Å². The molecule has 0 aliphatic rings. The van der Waals surface area contributed by atoms with Gasteiger partial charge in [-0.2, -0.15) is 5.10 Å². The van der Waals surface area contributed by atoms with E-state index in [1.165, 1.54) is 14.8 Å². The van der Waals surface area contributed by atoms with Gasteiger partial charge < -0.3 is 5.32 Å². The van der Waals surface area contributed by atoms with Crippen molar-refractivity contribution in [1.82, 2.24) is 15.1 Å². The van der Waals surface area contributed by atoms with Crippen molar-refractivity contribution in [2.24, 2.45) is 7.05 Å². The lowest BCUT2D eigenvalue weighted by Gasteiger charge is -2.19. The second-order valence-corrected chi connectivity index (χ2v) is 5.17. The second-order valence-electron chi connectivity index (χ2n) is 3.93. The van der Waals surface area contributed by atoms with Crippen molar-refractivity contribution in [1.29, 1.82) is 0 Å². The molecule has 0 saturated heterocycles. The first-order valence-corrected chi connectivity index (χ1v) is 6.77. The predicted molar refractivity (Wildman–Crippen MR) is 77.9 cm³/mol. The minimum atomic E-state index is 0.210. The molecule has 1 aromatic carbocycles. The van der Waals surface area contributed by atoms with Gasteiger partial charge in [0.15, 0.2) is 0 Å². The van der Waals surface area contributed by atoms with Crippen molar-refractivity contribution in [3.8, 4) is 0 Å². The van der Waals surface area contributed by atoms with Crippen LogP contribution in [0.4, 0.5) is 0 Å². The van der Waals surface area contributed by atoms with Crippen LogP contribution in [-0.4, -0.2) is 16.3 Å². The lowest BCUT2D eigenvalue weighted by atomic mass is 10.0. The van der Waals surface area contributed by atoms with Crippen LogP contribution in [0.25, 0.3) is 0 Å². The third-order valence-corrected chi connectivity index (χ3v) is 3.42. The van der Waals surface area contributed by atoms with Crippen molar-refractivity contribution >= 4 is 22.6 Å². The summed E-state index contributed by atoms with van der Waals surface area (Å²) in [5.41, 5.74) is 2.47. The Morgan fingerprint density at radius 2 is 2.24 bits per heavy atom.